The van der Waals surface area contributed by atoms with Gasteiger partial charge in [0.05, 0.1) is 16.7 Å². The zero-order chi connectivity index (χ0) is 21.1. The van der Waals surface area contributed by atoms with E-state index in [9.17, 15) is 0 Å². The molecule has 6 heteroatoms. The van der Waals surface area contributed by atoms with Crippen LogP contribution in [0.3, 0.4) is 0 Å². The first-order valence-electron chi connectivity index (χ1n) is 10.6. The normalized spacial score (nSPS) is 11.1. The first-order valence-corrected chi connectivity index (χ1v) is 11.0. The fourth-order valence-corrected chi connectivity index (χ4v) is 4.30. The molecule has 0 spiro atoms. The van der Waals surface area contributed by atoms with Crippen molar-refractivity contribution in [3.8, 4) is 0 Å². The Morgan fingerprint density at radius 2 is 1.80 bits per heavy atom. The Morgan fingerprint density at radius 3 is 2.40 bits per heavy atom. The van der Waals surface area contributed by atoms with Crippen LogP contribution >= 0.6 is 24.0 Å². The third kappa shape index (κ3) is 4.87. The molecule has 30 heavy (non-hydrogen) atoms. The van der Waals surface area contributed by atoms with Crippen molar-refractivity contribution in [3.63, 3.8) is 0 Å². The zero-order valence-electron chi connectivity index (χ0n) is 18.9. The molecule has 0 radical (unpaired) electrons. The number of rotatable bonds is 8. The van der Waals surface area contributed by atoms with Gasteiger partial charge in [0, 0.05) is 30.8 Å². The van der Waals surface area contributed by atoms with Gasteiger partial charge in [0.15, 0.2) is 0 Å². The molecular formula is C24H34Cl2N4. The summed E-state index contributed by atoms with van der Waals surface area (Å²) in [6.07, 6.45) is 2.25. The van der Waals surface area contributed by atoms with Gasteiger partial charge in [-0.1, -0.05) is 45.4 Å². The monoisotopic (exact) mass is 448 g/mol. The van der Waals surface area contributed by atoms with E-state index in [2.05, 4.69) is 80.7 Å². The number of halogens is 2. The maximum atomic E-state index is 6.33. The van der Waals surface area contributed by atoms with Gasteiger partial charge in [0.25, 0.3) is 0 Å². The molecule has 164 valence electrons. The molecule has 0 atom stereocenters. The standard InChI is InChI=1S/C24H33ClN4.ClH/c1-7-12-29(13-8-2)21-11-9-10-20-23(21)28(6)24(26-20)27-22-17(5)14-18(25)15-19(22)16(3)4;/h9-11,14-16H,7-8,12-13H2,1-6H3,(H,26,27);1H. The Labute approximate surface area is 192 Å². The van der Waals surface area contributed by atoms with Crippen LogP contribution in [0.15, 0.2) is 30.3 Å². The summed E-state index contributed by atoms with van der Waals surface area (Å²) in [5.74, 6) is 1.22. The number of nitrogens with one attached hydrogen (secondary N) is 1. The number of imidazole rings is 1. The predicted octanol–water partition coefficient (Wildman–Crippen LogP) is 7.45. The Kier molecular flexibility index (Phi) is 8.45. The Hall–Kier alpha value is -1.91. The lowest BCUT2D eigenvalue weighted by molar-refractivity contribution is 0.745. The molecule has 4 nitrogen and oxygen atoms in total. The lowest BCUT2D eigenvalue weighted by atomic mass is 9.98. The highest BCUT2D eigenvalue weighted by molar-refractivity contribution is 6.30. The first-order chi connectivity index (χ1) is 13.9. The average molecular weight is 449 g/mol. The number of hydrogen-bond acceptors (Lipinski definition) is 3. The first kappa shape index (κ1) is 24.4. The van der Waals surface area contributed by atoms with Gasteiger partial charge in [0.2, 0.25) is 5.95 Å². The van der Waals surface area contributed by atoms with E-state index in [1.165, 1.54) is 16.8 Å². The van der Waals surface area contributed by atoms with Crippen molar-refractivity contribution in [3.05, 3.63) is 46.5 Å². The van der Waals surface area contributed by atoms with E-state index in [4.69, 9.17) is 16.6 Å². The molecule has 0 aliphatic rings. The maximum absolute atomic E-state index is 6.33. The van der Waals surface area contributed by atoms with Crippen molar-refractivity contribution < 1.29 is 0 Å². The molecule has 0 bridgehead atoms. The van der Waals surface area contributed by atoms with Crippen molar-refractivity contribution in [1.82, 2.24) is 9.55 Å². The second kappa shape index (κ2) is 10.4. The number of nitrogens with zero attached hydrogens (tertiary/aromatic N) is 3. The molecule has 1 N–H and O–H groups in total. The van der Waals surface area contributed by atoms with Gasteiger partial charge >= 0.3 is 0 Å². The van der Waals surface area contributed by atoms with Crippen LogP contribution in [0.25, 0.3) is 11.0 Å². The van der Waals surface area contributed by atoms with Gasteiger partial charge in [-0.05, 0) is 61.1 Å². The number of fused-ring (bicyclic) bond motifs is 1. The summed E-state index contributed by atoms with van der Waals surface area (Å²) in [4.78, 5) is 7.40. The number of anilines is 3. The number of hydrogen-bond donors (Lipinski definition) is 1. The van der Waals surface area contributed by atoms with Gasteiger partial charge in [-0.2, -0.15) is 0 Å². The van der Waals surface area contributed by atoms with Crippen molar-refractivity contribution in [2.75, 3.05) is 23.3 Å². The molecule has 1 heterocycles. The van der Waals surface area contributed by atoms with Crippen molar-refractivity contribution >= 4 is 52.4 Å². The van der Waals surface area contributed by atoms with E-state index in [0.29, 0.717) is 5.92 Å². The Bertz CT molecular complexity index is 989. The smallest absolute Gasteiger partial charge is 0.208 e. The Balaban J connectivity index is 0.00000320. The van der Waals surface area contributed by atoms with E-state index in [1.807, 2.05) is 6.07 Å². The van der Waals surface area contributed by atoms with Gasteiger partial charge < -0.3 is 14.8 Å². The zero-order valence-corrected chi connectivity index (χ0v) is 20.5. The van der Waals surface area contributed by atoms with Gasteiger partial charge in [-0.3, -0.25) is 0 Å². The summed E-state index contributed by atoms with van der Waals surface area (Å²) in [6, 6.07) is 10.5. The predicted molar refractivity (Wildman–Crippen MR) is 134 cm³/mol. The fraction of sp³-hybridized carbons (Fsp3) is 0.458. The van der Waals surface area contributed by atoms with Gasteiger partial charge in [-0.15, -0.1) is 12.4 Å². The largest absolute Gasteiger partial charge is 0.370 e. The average Bonchev–Trinajstić information content (AvgIpc) is 2.99. The van der Waals surface area contributed by atoms with Crippen LogP contribution in [0.2, 0.25) is 5.02 Å². The SMILES string of the molecule is CCCN(CCC)c1cccc2nc(Nc3c(C)cc(Cl)cc3C(C)C)n(C)c12.Cl. The highest BCUT2D eigenvalue weighted by Gasteiger charge is 2.18. The van der Waals surface area contributed by atoms with Crippen molar-refractivity contribution in [1.29, 1.82) is 0 Å². The summed E-state index contributed by atoms with van der Waals surface area (Å²) >= 11 is 6.33. The van der Waals surface area contributed by atoms with Crippen LogP contribution in [0.5, 0.6) is 0 Å². The number of aromatic nitrogens is 2. The molecule has 1 aromatic heterocycles. The highest BCUT2D eigenvalue weighted by Crippen LogP contribution is 2.35. The van der Waals surface area contributed by atoms with E-state index in [0.717, 1.165) is 53.7 Å². The highest BCUT2D eigenvalue weighted by atomic mass is 35.5. The molecular weight excluding hydrogens is 415 g/mol. The minimum atomic E-state index is 0. The van der Waals surface area contributed by atoms with Crippen molar-refractivity contribution in [2.45, 2.75) is 53.4 Å². The molecule has 2 aromatic carbocycles. The lowest BCUT2D eigenvalue weighted by Crippen LogP contribution is -2.25. The lowest BCUT2D eigenvalue weighted by Gasteiger charge is -2.25. The molecule has 3 aromatic rings. The molecule has 0 aliphatic heterocycles. The van der Waals surface area contributed by atoms with Crippen LogP contribution < -0.4 is 10.2 Å². The number of para-hydroxylation sites is 1. The molecule has 3 rings (SSSR count). The molecule has 0 aliphatic carbocycles. The van der Waals surface area contributed by atoms with Crippen LogP contribution in [-0.2, 0) is 7.05 Å². The van der Waals surface area contributed by atoms with Gasteiger partial charge in [-0.25, -0.2) is 4.98 Å². The third-order valence-corrected chi connectivity index (χ3v) is 5.61. The van der Waals surface area contributed by atoms with Crippen LogP contribution in [0.4, 0.5) is 17.3 Å². The number of aryl methyl sites for hydroxylation is 2. The topological polar surface area (TPSA) is 33.1 Å². The summed E-state index contributed by atoms with van der Waals surface area (Å²) < 4.78 is 2.18. The van der Waals surface area contributed by atoms with E-state index in [1.54, 1.807) is 0 Å². The van der Waals surface area contributed by atoms with Crippen LogP contribution in [0, 0.1) is 6.92 Å². The fourth-order valence-electron chi connectivity index (χ4n) is 4.01. The summed E-state index contributed by atoms with van der Waals surface area (Å²) in [5, 5.41) is 4.39. The summed E-state index contributed by atoms with van der Waals surface area (Å²) in [6.45, 7) is 13.0. The number of benzene rings is 2. The Morgan fingerprint density at radius 1 is 1.13 bits per heavy atom. The summed E-state index contributed by atoms with van der Waals surface area (Å²) in [5.41, 5.74) is 6.89. The maximum Gasteiger partial charge on any atom is 0.208 e. The van der Waals surface area contributed by atoms with E-state index < -0.39 is 0 Å². The van der Waals surface area contributed by atoms with E-state index in [-0.39, 0.29) is 12.4 Å². The molecule has 0 unspecified atom stereocenters. The quantitative estimate of drug-likeness (QED) is 0.388. The third-order valence-electron chi connectivity index (χ3n) is 5.39. The minimum absolute atomic E-state index is 0. The van der Waals surface area contributed by atoms with Crippen LogP contribution in [0.1, 0.15) is 57.6 Å². The van der Waals surface area contributed by atoms with Crippen LogP contribution in [-0.4, -0.2) is 22.6 Å². The van der Waals surface area contributed by atoms with Gasteiger partial charge in [0.1, 0.15) is 0 Å². The second-order valence-corrected chi connectivity index (χ2v) is 8.53. The minimum Gasteiger partial charge on any atom is -0.370 e. The van der Waals surface area contributed by atoms with E-state index >= 15 is 0 Å². The van der Waals surface area contributed by atoms with Crippen molar-refractivity contribution in [2.24, 2.45) is 7.05 Å². The molecule has 0 saturated carbocycles. The molecule has 0 fully saturated rings. The summed E-state index contributed by atoms with van der Waals surface area (Å²) in [7, 11) is 2.09. The molecule has 0 amide bonds. The second-order valence-electron chi connectivity index (χ2n) is 8.09. The molecule has 0 saturated heterocycles.